The van der Waals surface area contributed by atoms with Gasteiger partial charge in [-0.05, 0) is 5.92 Å². The van der Waals surface area contributed by atoms with Crippen molar-refractivity contribution in [3.8, 4) is 0 Å². The van der Waals surface area contributed by atoms with Gasteiger partial charge in [0, 0.05) is 6.92 Å². The Labute approximate surface area is 113 Å². The molecule has 0 fully saturated rings. The average Bonchev–Trinajstić information content (AvgIpc) is 2.69. The first kappa shape index (κ1) is 15.1. The molecule has 1 atom stereocenters. The van der Waals surface area contributed by atoms with E-state index in [1.54, 1.807) is 13.8 Å². The van der Waals surface area contributed by atoms with Gasteiger partial charge in [0.1, 0.15) is 10.9 Å². The molecule has 1 rings (SSSR count). The topological polar surface area (TPSA) is 122 Å². The highest BCUT2D eigenvalue weighted by molar-refractivity contribution is 7.17. The highest BCUT2D eigenvalue weighted by atomic mass is 32.1. The molecule has 0 saturated carbocycles. The summed E-state index contributed by atoms with van der Waals surface area (Å²) in [6, 6.07) is -0.674. The van der Waals surface area contributed by atoms with E-state index in [0.717, 1.165) is 11.3 Å². The molecular weight excluding hydrogens is 270 g/mol. The Balaban J connectivity index is 3.09. The molecule has 0 spiro atoms. The van der Waals surface area contributed by atoms with Gasteiger partial charge in [0.25, 0.3) is 0 Å². The van der Waals surface area contributed by atoms with Crippen molar-refractivity contribution in [2.24, 2.45) is 11.7 Å². The van der Waals surface area contributed by atoms with Gasteiger partial charge in [-0.25, -0.2) is 9.78 Å². The molecule has 0 aliphatic carbocycles. The molecule has 0 aliphatic rings. The van der Waals surface area contributed by atoms with Crippen LogP contribution in [0.25, 0.3) is 0 Å². The van der Waals surface area contributed by atoms with E-state index in [2.05, 4.69) is 10.3 Å². The van der Waals surface area contributed by atoms with Crippen LogP contribution in [0.1, 0.15) is 40.9 Å². The van der Waals surface area contributed by atoms with E-state index in [1.165, 1.54) is 6.92 Å². The summed E-state index contributed by atoms with van der Waals surface area (Å²) in [7, 11) is 0. The van der Waals surface area contributed by atoms with Crippen molar-refractivity contribution in [3.05, 3.63) is 10.6 Å². The first-order valence-electron chi connectivity index (χ1n) is 5.55. The van der Waals surface area contributed by atoms with Crippen LogP contribution in [-0.2, 0) is 4.79 Å². The van der Waals surface area contributed by atoms with E-state index < -0.39 is 17.9 Å². The predicted molar refractivity (Wildman–Crippen MR) is 70.5 cm³/mol. The Morgan fingerprint density at radius 1 is 1.37 bits per heavy atom. The monoisotopic (exact) mass is 285 g/mol. The van der Waals surface area contributed by atoms with Crippen LogP contribution in [0.3, 0.4) is 0 Å². The molecule has 1 amide bonds. The summed E-state index contributed by atoms with van der Waals surface area (Å²) in [5.41, 5.74) is 4.93. The summed E-state index contributed by atoms with van der Waals surface area (Å²) in [6.45, 7) is 4.85. The van der Waals surface area contributed by atoms with Gasteiger partial charge >= 0.3 is 5.97 Å². The number of nitrogens with two attached hydrogens (primary N) is 1. The number of primary amides is 1. The number of aromatic nitrogens is 1. The third-order valence-electron chi connectivity index (χ3n) is 2.40. The largest absolute Gasteiger partial charge is 0.476 e. The zero-order valence-electron chi connectivity index (χ0n) is 10.8. The molecule has 8 heteroatoms. The van der Waals surface area contributed by atoms with Crippen LogP contribution < -0.4 is 11.1 Å². The van der Waals surface area contributed by atoms with Crippen LogP contribution in [0.2, 0.25) is 0 Å². The van der Waals surface area contributed by atoms with Gasteiger partial charge in [0.2, 0.25) is 5.91 Å². The lowest BCUT2D eigenvalue weighted by Crippen LogP contribution is -2.39. The number of carboxylic acids is 1. The van der Waals surface area contributed by atoms with Crippen molar-refractivity contribution in [2.75, 3.05) is 5.32 Å². The minimum Gasteiger partial charge on any atom is -0.476 e. The Hall–Kier alpha value is -1.96. The molecule has 104 valence electrons. The standard InChI is InChI=1S/C11H15N3O4S/c1-4(2)6(9(12)16)13-11-14-7(10(17)18)8(19-11)5(3)15/h4,6H,1-3H3,(H2,12,16)(H,13,14)(H,17,18). The van der Waals surface area contributed by atoms with E-state index in [0.29, 0.717) is 0 Å². The van der Waals surface area contributed by atoms with Crippen molar-refractivity contribution in [1.29, 1.82) is 0 Å². The van der Waals surface area contributed by atoms with Gasteiger partial charge in [0.05, 0.1) is 0 Å². The van der Waals surface area contributed by atoms with E-state index in [4.69, 9.17) is 10.8 Å². The minimum atomic E-state index is -1.28. The Morgan fingerprint density at radius 3 is 2.26 bits per heavy atom. The molecule has 1 unspecified atom stereocenters. The first-order chi connectivity index (χ1) is 8.73. The van der Waals surface area contributed by atoms with Crippen LogP contribution in [0.4, 0.5) is 5.13 Å². The fourth-order valence-corrected chi connectivity index (χ4v) is 2.35. The molecule has 7 nitrogen and oxygen atoms in total. The van der Waals surface area contributed by atoms with Gasteiger partial charge < -0.3 is 16.2 Å². The maximum absolute atomic E-state index is 11.3. The Bertz CT molecular complexity index is 493. The van der Waals surface area contributed by atoms with Crippen LogP contribution in [0, 0.1) is 5.92 Å². The summed E-state index contributed by atoms with van der Waals surface area (Å²) in [5, 5.41) is 11.9. The van der Waals surface area contributed by atoms with Crippen LogP contribution in [0.15, 0.2) is 0 Å². The predicted octanol–water partition coefficient (Wildman–Crippen LogP) is 0.966. The molecule has 1 aromatic heterocycles. The fraction of sp³-hybridized carbons (Fsp3) is 0.455. The number of hydrogen-bond donors (Lipinski definition) is 3. The van der Waals surface area contributed by atoms with Crippen molar-refractivity contribution < 1.29 is 19.5 Å². The molecule has 1 heterocycles. The molecule has 0 aliphatic heterocycles. The third kappa shape index (κ3) is 3.50. The van der Waals surface area contributed by atoms with Gasteiger partial charge in [-0.3, -0.25) is 9.59 Å². The van der Waals surface area contributed by atoms with E-state index in [1.807, 2.05) is 0 Å². The number of thiazole rings is 1. The van der Waals surface area contributed by atoms with Crippen LogP contribution in [-0.4, -0.2) is 33.8 Å². The maximum atomic E-state index is 11.3. The highest BCUT2D eigenvalue weighted by Crippen LogP contribution is 2.25. The number of amides is 1. The minimum absolute atomic E-state index is 0.0435. The summed E-state index contributed by atoms with van der Waals surface area (Å²) in [4.78, 5) is 37.4. The summed E-state index contributed by atoms with van der Waals surface area (Å²) in [6.07, 6.45) is 0. The Kier molecular flexibility index (Phi) is 4.60. The van der Waals surface area contributed by atoms with Gasteiger partial charge in [0.15, 0.2) is 16.6 Å². The number of carbonyl (C=O) groups excluding carboxylic acids is 2. The quantitative estimate of drug-likeness (QED) is 0.669. The van der Waals surface area contributed by atoms with Gasteiger partial charge in [-0.2, -0.15) is 0 Å². The normalized spacial score (nSPS) is 12.2. The van der Waals surface area contributed by atoms with Gasteiger partial charge in [-0.1, -0.05) is 25.2 Å². The number of rotatable bonds is 6. The molecular formula is C11H15N3O4S. The lowest BCUT2D eigenvalue weighted by atomic mass is 10.0. The summed E-state index contributed by atoms with van der Waals surface area (Å²) >= 11 is 0.899. The van der Waals surface area contributed by atoms with E-state index in [9.17, 15) is 14.4 Å². The third-order valence-corrected chi connectivity index (χ3v) is 3.49. The maximum Gasteiger partial charge on any atom is 0.356 e. The number of ketones is 1. The molecule has 0 aromatic carbocycles. The van der Waals surface area contributed by atoms with Gasteiger partial charge in [-0.15, -0.1) is 0 Å². The zero-order chi connectivity index (χ0) is 14.7. The van der Waals surface area contributed by atoms with Crippen LogP contribution >= 0.6 is 11.3 Å². The highest BCUT2D eigenvalue weighted by Gasteiger charge is 2.24. The molecule has 0 radical (unpaired) electrons. The number of anilines is 1. The Morgan fingerprint density at radius 2 is 1.95 bits per heavy atom. The van der Waals surface area contributed by atoms with Crippen molar-refractivity contribution in [2.45, 2.75) is 26.8 Å². The number of hydrogen-bond acceptors (Lipinski definition) is 6. The molecule has 19 heavy (non-hydrogen) atoms. The summed E-state index contributed by atoms with van der Waals surface area (Å²) < 4.78 is 0. The fourth-order valence-electron chi connectivity index (χ4n) is 1.46. The first-order valence-corrected chi connectivity index (χ1v) is 6.36. The number of aromatic carboxylic acids is 1. The zero-order valence-corrected chi connectivity index (χ0v) is 11.6. The average molecular weight is 285 g/mol. The molecule has 1 aromatic rings. The number of carbonyl (C=O) groups is 3. The second-order valence-corrected chi connectivity index (χ2v) is 5.33. The van der Waals surface area contributed by atoms with Crippen LogP contribution in [0.5, 0.6) is 0 Å². The SMILES string of the molecule is CC(=O)c1sc(NC(C(N)=O)C(C)C)nc1C(=O)O. The second kappa shape index (κ2) is 5.79. The molecule has 0 bridgehead atoms. The smallest absolute Gasteiger partial charge is 0.356 e. The number of nitrogens with zero attached hydrogens (tertiary/aromatic N) is 1. The van der Waals surface area contributed by atoms with E-state index in [-0.39, 0.29) is 27.4 Å². The van der Waals surface area contributed by atoms with Crippen molar-refractivity contribution in [1.82, 2.24) is 4.98 Å². The number of Topliss-reactive ketones (excluding diaryl/α,β-unsaturated/α-hetero) is 1. The molecule has 4 N–H and O–H groups in total. The van der Waals surface area contributed by atoms with E-state index >= 15 is 0 Å². The number of carboxylic acid groups (broad SMARTS) is 1. The van der Waals surface area contributed by atoms with Crippen molar-refractivity contribution >= 4 is 34.1 Å². The summed E-state index contributed by atoms with van der Waals surface area (Å²) in [5.74, 6) is -2.32. The lowest BCUT2D eigenvalue weighted by Gasteiger charge is -2.17. The number of nitrogens with one attached hydrogen (secondary N) is 1. The molecule has 0 saturated heterocycles. The lowest BCUT2D eigenvalue weighted by molar-refractivity contribution is -0.119. The van der Waals surface area contributed by atoms with Crippen molar-refractivity contribution in [3.63, 3.8) is 0 Å². The second-order valence-electron chi connectivity index (χ2n) is 4.33.